The van der Waals surface area contributed by atoms with Crippen LogP contribution in [-0.4, -0.2) is 21.7 Å². The SMILES string of the molecule is NC(=O)c1cc(C(F)(F)F)ccc1-c1cccc(C(=O)c2ccc3nccnc3c2)c1. The number of aromatic nitrogens is 2. The molecule has 0 fully saturated rings. The van der Waals surface area contributed by atoms with Gasteiger partial charge in [0.2, 0.25) is 5.91 Å². The number of fused-ring (bicyclic) bond motifs is 1. The molecule has 0 saturated heterocycles. The normalized spacial score (nSPS) is 11.5. The van der Waals surface area contributed by atoms with Gasteiger partial charge in [-0.05, 0) is 47.5 Å². The summed E-state index contributed by atoms with van der Waals surface area (Å²) in [4.78, 5) is 33.1. The number of primary amides is 1. The summed E-state index contributed by atoms with van der Waals surface area (Å²) in [6.45, 7) is 0. The quantitative estimate of drug-likeness (QED) is 0.486. The molecule has 1 amide bonds. The van der Waals surface area contributed by atoms with Crippen molar-refractivity contribution in [1.29, 1.82) is 0 Å². The zero-order valence-electron chi connectivity index (χ0n) is 15.9. The summed E-state index contributed by atoms with van der Waals surface area (Å²) in [6.07, 6.45) is -1.54. The fourth-order valence-corrected chi connectivity index (χ4v) is 3.28. The number of carbonyl (C=O) groups is 2. The maximum absolute atomic E-state index is 13.0. The van der Waals surface area contributed by atoms with Crippen LogP contribution in [0, 0.1) is 0 Å². The second-order valence-corrected chi connectivity index (χ2v) is 6.79. The minimum atomic E-state index is -4.61. The van der Waals surface area contributed by atoms with Gasteiger partial charge in [0.15, 0.2) is 5.78 Å². The number of hydrogen-bond acceptors (Lipinski definition) is 4. The second-order valence-electron chi connectivity index (χ2n) is 6.79. The molecule has 154 valence electrons. The standard InChI is InChI=1S/C23H14F3N3O2/c24-23(25,26)16-5-6-17(18(12-16)22(27)31)13-2-1-3-14(10-13)21(30)15-4-7-19-20(11-15)29-9-8-28-19/h1-12H,(H2,27,31). The summed E-state index contributed by atoms with van der Waals surface area (Å²) < 4.78 is 39.1. The fraction of sp³-hybridized carbons (Fsp3) is 0.0435. The number of hydrogen-bond donors (Lipinski definition) is 1. The molecular formula is C23H14F3N3O2. The lowest BCUT2D eigenvalue weighted by Gasteiger charge is -2.13. The third-order valence-electron chi connectivity index (χ3n) is 4.78. The van der Waals surface area contributed by atoms with Crippen LogP contribution in [0.25, 0.3) is 22.2 Å². The highest BCUT2D eigenvalue weighted by Gasteiger charge is 2.31. The van der Waals surface area contributed by atoms with Crippen LogP contribution in [0.4, 0.5) is 13.2 Å². The number of nitrogens with two attached hydrogens (primary N) is 1. The minimum Gasteiger partial charge on any atom is -0.366 e. The van der Waals surface area contributed by atoms with Crippen molar-refractivity contribution in [3.05, 3.63) is 95.3 Å². The Hall–Kier alpha value is -4.07. The molecule has 4 aromatic rings. The van der Waals surface area contributed by atoms with Crippen LogP contribution in [0.15, 0.2) is 73.1 Å². The Morgan fingerprint density at radius 3 is 2.23 bits per heavy atom. The summed E-state index contributed by atoms with van der Waals surface area (Å²) in [5.74, 6) is -1.30. The first-order valence-electron chi connectivity index (χ1n) is 9.11. The van der Waals surface area contributed by atoms with Crippen molar-refractivity contribution in [3.63, 3.8) is 0 Å². The van der Waals surface area contributed by atoms with Gasteiger partial charge in [-0.2, -0.15) is 13.2 Å². The smallest absolute Gasteiger partial charge is 0.366 e. The maximum Gasteiger partial charge on any atom is 0.416 e. The molecule has 1 aromatic heterocycles. The predicted molar refractivity (Wildman–Crippen MR) is 108 cm³/mol. The third-order valence-corrected chi connectivity index (χ3v) is 4.78. The molecule has 4 rings (SSSR count). The Balaban J connectivity index is 1.76. The van der Waals surface area contributed by atoms with Gasteiger partial charge in [-0.25, -0.2) is 0 Å². The summed E-state index contributed by atoms with van der Waals surface area (Å²) >= 11 is 0. The summed E-state index contributed by atoms with van der Waals surface area (Å²) in [7, 11) is 0. The first-order chi connectivity index (χ1) is 14.7. The Bertz CT molecular complexity index is 1330. The van der Waals surface area contributed by atoms with Crippen molar-refractivity contribution >= 4 is 22.7 Å². The van der Waals surface area contributed by atoms with E-state index in [1.165, 1.54) is 18.3 Å². The van der Waals surface area contributed by atoms with Crippen LogP contribution in [0.3, 0.4) is 0 Å². The van der Waals surface area contributed by atoms with Crippen molar-refractivity contribution in [1.82, 2.24) is 9.97 Å². The average Bonchev–Trinajstić information content (AvgIpc) is 2.77. The molecule has 3 aromatic carbocycles. The highest BCUT2D eigenvalue weighted by Crippen LogP contribution is 2.33. The molecule has 0 aliphatic carbocycles. The van der Waals surface area contributed by atoms with Crippen LogP contribution in [0.5, 0.6) is 0 Å². The van der Waals surface area contributed by atoms with E-state index in [0.29, 0.717) is 33.8 Å². The van der Waals surface area contributed by atoms with E-state index in [1.807, 2.05) is 0 Å². The first kappa shape index (κ1) is 20.2. The zero-order chi connectivity index (χ0) is 22.2. The largest absolute Gasteiger partial charge is 0.416 e. The van der Waals surface area contributed by atoms with Gasteiger partial charge in [-0.1, -0.05) is 24.3 Å². The summed E-state index contributed by atoms with van der Waals surface area (Å²) in [5.41, 5.74) is 6.56. The van der Waals surface area contributed by atoms with Gasteiger partial charge in [0.05, 0.1) is 16.6 Å². The number of amides is 1. The second kappa shape index (κ2) is 7.64. The topological polar surface area (TPSA) is 85.9 Å². The molecule has 8 heteroatoms. The van der Waals surface area contributed by atoms with Crippen molar-refractivity contribution in [2.24, 2.45) is 5.73 Å². The Morgan fingerprint density at radius 1 is 0.806 bits per heavy atom. The molecule has 0 spiro atoms. The maximum atomic E-state index is 13.0. The van der Waals surface area contributed by atoms with Crippen LogP contribution >= 0.6 is 0 Å². The van der Waals surface area contributed by atoms with Crippen LogP contribution in [0.2, 0.25) is 0 Å². The summed E-state index contributed by atoms with van der Waals surface area (Å²) in [5, 5.41) is 0. The van der Waals surface area contributed by atoms with E-state index in [2.05, 4.69) is 9.97 Å². The highest BCUT2D eigenvalue weighted by molar-refractivity contribution is 6.11. The fourth-order valence-electron chi connectivity index (χ4n) is 3.28. The number of ketones is 1. The molecule has 0 aliphatic heterocycles. The van der Waals surface area contributed by atoms with Gasteiger partial charge in [-0.3, -0.25) is 19.6 Å². The van der Waals surface area contributed by atoms with E-state index < -0.39 is 17.6 Å². The molecule has 0 radical (unpaired) electrons. The van der Waals surface area contributed by atoms with E-state index in [0.717, 1.165) is 6.07 Å². The molecule has 0 atom stereocenters. The van der Waals surface area contributed by atoms with Crippen molar-refractivity contribution in [2.75, 3.05) is 0 Å². The van der Waals surface area contributed by atoms with Crippen molar-refractivity contribution in [3.8, 4) is 11.1 Å². The molecular weight excluding hydrogens is 407 g/mol. The zero-order valence-corrected chi connectivity index (χ0v) is 15.9. The lowest BCUT2D eigenvalue weighted by atomic mass is 9.94. The lowest BCUT2D eigenvalue weighted by Crippen LogP contribution is -2.15. The van der Waals surface area contributed by atoms with E-state index in [-0.39, 0.29) is 16.9 Å². The van der Waals surface area contributed by atoms with E-state index in [4.69, 9.17) is 5.73 Å². The van der Waals surface area contributed by atoms with Crippen LogP contribution < -0.4 is 5.73 Å². The molecule has 0 aliphatic rings. The molecule has 5 nitrogen and oxygen atoms in total. The molecule has 0 saturated carbocycles. The Morgan fingerprint density at radius 2 is 1.52 bits per heavy atom. The average molecular weight is 421 g/mol. The van der Waals surface area contributed by atoms with Gasteiger partial charge in [-0.15, -0.1) is 0 Å². The van der Waals surface area contributed by atoms with E-state index in [1.54, 1.807) is 42.6 Å². The van der Waals surface area contributed by atoms with E-state index in [9.17, 15) is 22.8 Å². The monoisotopic (exact) mass is 421 g/mol. The first-order valence-corrected chi connectivity index (χ1v) is 9.11. The third kappa shape index (κ3) is 4.00. The molecule has 0 unspecified atom stereocenters. The van der Waals surface area contributed by atoms with Gasteiger partial charge in [0, 0.05) is 29.1 Å². The predicted octanol–water partition coefficient (Wildman–Crippen LogP) is 4.65. The van der Waals surface area contributed by atoms with Crippen molar-refractivity contribution < 1.29 is 22.8 Å². The van der Waals surface area contributed by atoms with Gasteiger partial charge >= 0.3 is 6.18 Å². The molecule has 1 heterocycles. The Kier molecular flexibility index (Phi) is 4.98. The number of benzene rings is 3. The number of alkyl halides is 3. The molecule has 31 heavy (non-hydrogen) atoms. The highest BCUT2D eigenvalue weighted by atomic mass is 19.4. The molecule has 2 N–H and O–H groups in total. The van der Waals surface area contributed by atoms with Crippen molar-refractivity contribution in [2.45, 2.75) is 6.18 Å². The summed E-state index contributed by atoms with van der Waals surface area (Å²) in [6, 6.07) is 14.0. The Labute approximate surface area is 174 Å². The number of rotatable bonds is 4. The number of halogens is 3. The van der Waals surface area contributed by atoms with Crippen LogP contribution in [0.1, 0.15) is 31.8 Å². The van der Waals surface area contributed by atoms with E-state index >= 15 is 0 Å². The number of nitrogens with zero attached hydrogens (tertiary/aromatic N) is 2. The van der Waals surface area contributed by atoms with Gasteiger partial charge in [0.1, 0.15) is 0 Å². The van der Waals surface area contributed by atoms with Gasteiger partial charge in [0.25, 0.3) is 0 Å². The van der Waals surface area contributed by atoms with Gasteiger partial charge < -0.3 is 5.73 Å². The lowest BCUT2D eigenvalue weighted by molar-refractivity contribution is -0.137. The molecule has 0 bridgehead atoms. The number of carbonyl (C=O) groups excluding carboxylic acids is 2. The van der Waals surface area contributed by atoms with Crippen LogP contribution in [-0.2, 0) is 6.18 Å². The minimum absolute atomic E-state index is 0.208.